The summed E-state index contributed by atoms with van der Waals surface area (Å²) in [5, 5.41) is 2.76. The van der Waals surface area contributed by atoms with E-state index in [1.807, 2.05) is 6.92 Å². The van der Waals surface area contributed by atoms with Crippen LogP contribution in [0.3, 0.4) is 0 Å². The molecule has 0 aromatic heterocycles. The minimum absolute atomic E-state index is 0.122. The highest BCUT2D eigenvalue weighted by molar-refractivity contribution is 7.92. The third kappa shape index (κ3) is 6.56. The van der Waals surface area contributed by atoms with Crippen molar-refractivity contribution in [3.8, 4) is 5.75 Å². The van der Waals surface area contributed by atoms with E-state index in [-0.39, 0.29) is 18.9 Å². The van der Waals surface area contributed by atoms with Gasteiger partial charge in [0, 0.05) is 24.7 Å². The van der Waals surface area contributed by atoms with Gasteiger partial charge >= 0.3 is 0 Å². The summed E-state index contributed by atoms with van der Waals surface area (Å²) in [6.07, 6.45) is 1.54. The molecule has 1 amide bonds. The first kappa shape index (κ1) is 20.7. The fourth-order valence-electron chi connectivity index (χ4n) is 2.53. The van der Waals surface area contributed by atoms with Crippen LogP contribution >= 0.6 is 0 Å². The summed E-state index contributed by atoms with van der Waals surface area (Å²) in [6.45, 7) is 2.53. The maximum absolute atomic E-state index is 13.1. The Labute approximate surface area is 159 Å². The average molecular weight is 394 g/mol. The van der Waals surface area contributed by atoms with Crippen LogP contribution < -0.4 is 14.4 Å². The number of benzene rings is 2. The predicted molar refractivity (Wildman–Crippen MR) is 104 cm³/mol. The zero-order chi connectivity index (χ0) is 19.9. The molecule has 2 aromatic carbocycles. The number of sulfonamides is 1. The largest absolute Gasteiger partial charge is 0.494 e. The number of anilines is 2. The van der Waals surface area contributed by atoms with E-state index in [9.17, 15) is 17.6 Å². The first-order chi connectivity index (χ1) is 12.8. The molecule has 0 saturated carbocycles. The normalized spacial score (nSPS) is 11.1. The van der Waals surface area contributed by atoms with E-state index in [2.05, 4.69) is 5.32 Å². The van der Waals surface area contributed by atoms with Gasteiger partial charge in [-0.15, -0.1) is 0 Å². The number of amides is 1. The van der Waals surface area contributed by atoms with Crippen molar-refractivity contribution in [2.45, 2.75) is 19.8 Å². The van der Waals surface area contributed by atoms with Gasteiger partial charge in [-0.05, 0) is 49.7 Å². The number of nitrogens with one attached hydrogen (secondary N) is 1. The van der Waals surface area contributed by atoms with Crippen molar-refractivity contribution >= 4 is 27.3 Å². The second kappa shape index (κ2) is 9.36. The standard InChI is InChI=1S/C19H23FN2O4S/c1-3-26-18-7-4-6-16(14-18)21-19(23)8-5-13-22(27(2,24)25)17-11-9-15(20)10-12-17/h4,6-7,9-12,14H,3,5,8,13H2,1-2H3,(H,21,23). The number of rotatable bonds is 9. The SMILES string of the molecule is CCOc1cccc(NC(=O)CCCN(c2ccc(F)cc2)S(C)(=O)=O)c1. The lowest BCUT2D eigenvalue weighted by Crippen LogP contribution is -2.31. The van der Waals surface area contributed by atoms with Crippen molar-refractivity contribution in [1.29, 1.82) is 0 Å². The molecule has 0 bridgehead atoms. The molecule has 0 aliphatic rings. The van der Waals surface area contributed by atoms with Gasteiger partial charge in [0.1, 0.15) is 11.6 Å². The van der Waals surface area contributed by atoms with E-state index in [0.717, 1.165) is 10.6 Å². The van der Waals surface area contributed by atoms with E-state index in [1.54, 1.807) is 24.3 Å². The molecule has 0 aliphatic heterocycles. The van der Waals surface area contributed by atoms with Gasteiger partial charge < -0.3 is 10.1 Å². The number of hydrogen-bond acceptors (Lipinski definition) is 4. The molecule has 2 rings (SSSR count). The number of hydrogen-bond donors (Lipinski definition) is 1. The number of ether oxygens (including phenoxy) is 1. The molecule has 1 N–H and O–H groups in total. The van der Waals surface area contributed by atoms with Crippen molar-refractivity contribution in [2.24, 2.45) is 0 Å². The van der Waals surface area contributed by atoms with E-state index in [0.29, 0.717) is 30.2 Å². The molecular formula is C19H23FN2O4S. The van der Waals surface area contributed by atoms with Gasteiger partial charge in [0.2, 0.25) is 15.9 Å². The first-order valence-corrected chi connectivity index (χ1v) is 10.4. The van der Waals surface area contributed by atoms with Crippen molar-refractivity contribution in [2.75, 3.05) is 29.0 Å². The van der Waals surface area contributed by atoms with E-state index in [1.165, 1.54) is 24.3 Å². The summed E-state index contributed by atoms with van der Waals surface area (Å²) in [5.41, 5.74) is 0.980. The van der Waals surface area contributed by atoms with Crippen LogP contribution in [0, 0.1) is 5.82 Å². The Balaban J connectivity index is 1.93. The smallest absolute Gasteiger partial charge is 0.232 e. The van der Waals surface area contributed by atoms with Crippen molar-refractivity contribution in [1.82, 2.24) is 0 Å². The highest BCUT2D eigenvalue weighted by Gasteiger charge is 2.17. The Bertz CT molecular complexity index is 870. The molecule has 6 nitrogen and oxygen atoms in total. The molecule has 8 heteroatoms. The topological polar surface area (TPSA) is 75.7 Å². The van der Waals surface area contributed by atoms with Gasteiger partial charge in [0.25, 0.3) is 0 Å². The molecule has 0 aliphatic carbocycles. The van der Waals surface area contributed by atoms with Gasteiger partial charge in [-0.1, -0.05) is 6.07 Å². The average Bonchev–Trinajstić information content (AvgIpc) is 2.59. The molecule has 0 atom stereocenters. The Morgan fingerprint density at radius 2 is 1.89 bits per heavy atom. The summed E-state index contributed by atoms with van der Waals surface area (Å²) >= 11 is 0. The van der Waals surface area contributed by atoms with Crippen LogP contribution in [-0.4, -0.2) is 33.7 Å². The molecule has 0 radical (unpaired) electrons. The van der Waals surface area contributed by atoms with Crippen LogP contribution in [0.4, 0.5) is 15.8 Å². The van der Waals surface area contributed by atoms with Crippen LogP contribution in [0.25, 0.3) is 0 Å². The van der Waals surface area contributed by atoms with Crippen LogP contribution in [0.5, 0.6) is 5.75 Å². The Morgan fingerprint density at radius 1 is 1.19 bits per heavy atom. The molecule has 146 valence electrons. The third-order valence-electron chi connectivity index (χ3n) is 3.71. The molecule has 0 saturated heterocycles. The van der Waals surface area contributed by atoms with Gasteiger partial charge in [-0.2, -0.15) is 0 Å². The molecule has 0 spiro atoms. The van der Waals surface area contributed by atoms with E-state index >= 15 is 0 Å². The second-order valence-corrected chi connectivity index (χ2v) is 7.83. The summed E-state index contributed by atoms with van der Waals surface area (Å²) in [4.78, 5) is 12.1. The van der Waals surface area contributed by atoms with Gasteiger partial charge in [-0.25, -0.2) is 12.8 Å². The Morgan fingerprint density at radius 3 is 2.52 bits per heavy atom. The second-order valence-electron chi connectivity index (χ2n) is 5.92. The fraction of sp³-hybridized carbons (Fsp3) is 0.316. The summed E-state index contributed by atoms with van der Waals surface area (Å²) < 4.78 is 43.6. The number of carbonyl (C=O) groups excluding carboxylic acids is 1. The van der Waals surface area contributed by atoms with Gasteiger partial charge in [0.05, 0.1) is 18.6 Å². The molecule has 0 heterocycles. The van der Waals surface area contributed by atoms with Crippen LogP contribution in [0.1, 0.15) is 19.8 Å². The van der Waals surface area contributed by atoms with Crippen LogP contribution in [-0.2, 0) is 14.8 Å². The minimum atomic E-state index is -3.54. The highest BCUT2D eigenvalue weighted by atomic mass is 32.2. The van der Waals surface area contributed by atoms with Gasteiger partial charge in [-0.3, -0.25) is 9.10 Å². The zero-order valence-corrected chi connectivity index (χ0v) is 16.1. The Hall–Kier alpha value is -2.61. The zero-order valence-electron chi connectivity index (χ0n) is 15.3. The van der Waals surface area contributed by atoms with Gasteiger partial charge in [0.15, 0.2) is 0 Å². The Kier molecular flexibility index (Phi) is 7.18. The predicted octanol–water partition coefficient (Wildman–Crippen LogP) is 3.41. The van der Waals surface area contributed by atoms with Crippen LogP contribution in [0.2, 0.25) is 0 Å². The molecular weight excluding hydrogens is 371 g/mol. The third-order valence-corrected chi connectivity index (χ3v) is 4.90. The quantitative estimate of drug-likeness (QED) is 0.707. The number of halogens is 1. The van der Waals surface area contributed by atoms with E-state index < -0.39 is 15.8 Å². The lowest BCUT2D eigenvalue weighted by molar-refractivity contribution is -0.116. The molecule has 2 aromatic rings. The minimum Gasteiger partial charge on any atom is -0.494 e. The highest BCUT2D eigenvalue weighted by Crippen LogP contribution is 2.20. The summed E-state index contributed by atoms with van der Waals surface area (Å²) in [7, 11) is -3.54. The maximum Gasteiger partial charge on any atom is 0.232 e. The number of carbonyl (C=O) groups is 1. The molecule has 27 heavy (non-hydrogen) atoms. The molecule has 0 unspecified atom stereocenters. The fourth-order valence-corrected chi connectivity index (χ4v) is 3.50. The monoisotopic (exact) mass is 394 g/mol. The van der Waals surface area contributed by atoms with E-state index in [4.69, 9.17) is 4.74 Å². The maximum atomic E-state index is 13.1. The first-order valence-electron chi connectivity index (χ1n) is 8.55. The van der Waals surface area contributed by atoms with Crippen molar-refractivity contribution < 1.29 is 22.3 Å². The number of nitrogens with zero attached hydrogens (tertiary/aromatic N) is 1. The van der Waals surface area contributed by atoms with Crippen molar-refractivity contribution in [3.05, 3.63) is 54.3 Å². The lowest BCUT2D eigenvalue weighted by atomic mass is 10.2. The lowest BCUT2D eigenvalue weighted by Gasteiger charge is -2.22. The van der Waals surface area contributed by atoms with Crippen LogP contribution in [0.15, 0.2) is 48.5 Å². The summed E-state index contributed by atoms with van der Waals surface area (Å²) in [5.74, 6) is -0.00747. The summed E-state index contributed by atoms with van der Waals surface area (Å²) in [6, 6.07) is 12.2. The molecule has 0 fully saturated rings. The van der Waals surface area contributed by atoms with Crippen molar-refractivity contribution in [3.63, 3.8) is 0 Å².